The summed E-state index contributed by atoms with van der Waals surface area (Å²) in [5, 5.41) is 6.01. The standard InChI is InChI=1S/C28H24B3F2N7O3/c1-16-11-17(3-5-20(16)42-24-12-23-35-14-37-40(23)15-36-24)38-19-7-9-34-18-4-6-21(41-2)26(25(18)19)43-22-8-10-39(28(29,30)31)13-27(22,32)33/h3-7,9,11-12,14-15,22H,8,10,13H2,1-2H3,(H,34,38). The summed E-state index contributed by atoms with van der Waals surface area (Å²) in [6.07, 6.45) is 3.02. The topological polar surface area (TPSA) is 98.9 Å². The molecular weight excluding hydrogens is 553 g/mol. The fraction of sp³-hybridized carbons (Fsp3) is 0.286. The Hall–Kier alpha value is -4.39. The molecule has 4 heterocycles. The third-order valence-electron chi connectivity index (χ3n) is 7.20. The number of methoxy groups -OCH3 is 1. The summed E-state index contributed by atoms with van der Waals surface area (Å²) in [5.41, 5.74) is 3.25. The van der Waals surface area contributed by atoms with Gasteiger partial charge in [-0.15, -0.1) is 0 Å². The van der Waals surface area contributed by atoms with Crippen LogP contribution >= 0.6 is 0 Å². The van der Waals surface area contributed by atoms with Crippen LogP contribution in [0.5, 0.6) is 23.1 Å². The smallest absolute Gasteiger partial charge is 0.296 e. The first-order valence-corrected chi connectivity index (χ1v) is 13.3. The first-order valence-electron chi connectivity index (χ1n) is 13.3. The molecule has 1 fully saturated rings. The quantitative estimate of drug-likeness (QED) is 0.277. The van der Waals surface area contributed by atoms with Gasteiger partial charge < -0.3 is 24.4 Å². The first kappa shape index (κ1) is 28.7. The molecule has 2 aromatic carbocycles. The molecule has 3 aromatic heterocycles. The van der Waals surface area contributed by atoms with Crippen molar-refractivity contribution in [3.8, 4) is 23.1 Å². The Morgan fingerprint density at radius 1 is 1.05 bits per heavy atom. The zero-order chi connectivity index (χ0) is 30.4. The van der Waals surface area contributed by atoms with Crippen LogP contribution in [-0.4, -0.2) is 90.5 Å². The van der Waals surface area contributed by atoms with Gasteiger partial charge in [0.25, 0.3) is 5.92 Å². The van der Waals surface area contributed by atoms with Crippen molar-refractivity contribution in [1.82, 2.24) is 29.5 Å². The van der Waals surface area contributed by atoms with E-state index in [1.54, 1.807) is 36.5 Å². The Kier molecular flexibility index (Phi) is 7.37. The van der Waals surface area contributed by atoms with Crippen LogP contribution in [-0.2, 0) is 0 Å². The maximum absolute atomic E-state index is 15.3. The van der Waals surface area contributed by atoms with E-state index in [0.29, 0.717) is 33.9 Å². The number of anilines is 2. The molecule has 15 heteroatoms. The molecule has 212 valence electrons. The third-order valence-corrected chi connectivity index (χ3v) is 7.20. The van der Waals surface area contributed by atoms with E-state index < -0.39 is 23.8 Å². The lowest BCUT2D eigenvalue weighted by molar-refractivity contribution is -0.140. The molecule has 1 unspecified atom stereocenters. The molecule has 1 saturated heterocycles. The molecule has 1 atom stereocenters. The molecule has 0 bridgehead atoms. The molecule has 0 spiro atoms. The Labute approximate surface area is 250 Å². The lowest BCUT2D eigenvalue weighted by Crippen LogP contribution is -2.62. The van der Waals surface area contributed by atoms with E-state index in [9.17, 15) is 0 Å². The van der Waals surface area contributed by atoms with Gasteiger partial charge in [0.2, 0.25) is 5.88 Å². The predicted octanol–water partition coefficient (Wildman–Crippen LogP) is 3.73. The lowest BCUT2D eigenvalue weighted by atomic mass is 9.48. The number of piperidine rings is 1. The van der Waals surface area contributed by atoms with Crippen LogP contribution in [0.15, 0.2) is 61.3 Å². The van der Waals surface area contributed by atoms with Crippen LogP contribution in [0.1, 0.15) is 12.0 Å². The first-order chi connectivity index (χ1) is 20.5. The van der Waals surface area contributed by atoms with Crippen molar-refractivity contribution < 1.29 is 23.0 Å². The van der Waals surface area contributed by atoms with Crippen LogP contribution in [0.4, 0.5) is 20.2 Å². The number of hydrogen-bond acceptors (Lipinski definition) is 9. The van der Waals surface area contributed by atoms with Crippen molar-refractivity contribution >= 4 is 51.5 Å². The van der Waals surface area contributed by atoms with Crippen molar-refractivity contribution in [3.05, 3.63) is 66.9 Å². The van der Waals surface area contributed by atoms with Crippen molar-refractivity contribution in [2.75, 3.05) is 25.5 Å². The Morgan fingerprint density at radius 2 is 1.86 bits per heavy atom. The van der Waals surface area contributed by atoms with Gasteiger partial charge in [0.05, 0.1) is 53.8 Å². The highest BCUT2D eigenvalue weighted by Crippen LogP contribution is 2.43. The van der Waals surface area contributed by atoms with E-state index in [1.165, 1.54) is 24.3 Å². The molecule has 1 N–H and O–H groups in total. The van der Waals surface area contributed by atoms with Gasteiger partial charge >= 0.3 is 0 Å². The number of aryl methyl sites for hydroxylation is 1. The molecule has 1 aliphatic heterocycles. The molecule has 0 saturated carbocycles. The van der Waals surface area contributed by atoms with E-state index in [0.717, 1.165) is 16.2 Å². The zero-order valence-corrected chi connectivity index (χ0v) is 23.4. The summed E-state index contributed by atoms with van der Waals surface area (Å²) in [5.74, 6) is -1.91. The van der Waals surface area contributed by atoms with Gasteiger partial charge in [-0.2, -0.15) is 5.10 Å². The minimum atomic E-state index is -3.30. The number of nitrogens with zero attached hydrogens (tertiary/aromatic N) is 6. The average Bonchev–Trinajstić information content (AvgIpc) is 3.43. The molecule has 43 heavy (non-hydrogen) atoms. The number of pyridine rings is 1. The predicted molar refractivity (Wildman–Crippen MR) is 159 cm³/mol. The van der Waals surface area contributed by atoms with Crippen LogP contribution in [0.3, 0.4) is 0 Å². The maximum Gasteiger partial charge on any atom is 0.296 e. The van der Waals surface area contributed by atoms with Crippen LogP contribution in [0.2, 0.25) is 0 Å². The molecule has 1 aliphatic rings. The number of rotatable bonds is 8. The van der Waals surface area contributed by atoms with Crippen molar-refractivity contribution in [2.24, 2.45) is 0 Å². The van der Waals surface area contributed by atoms with Crippen molar-refractivity contribution in [2.45, 2.75) is 30.6 Å². The minimum absolute atomic E-state index is 0.0670. The van der Waals surface area contributed by atoms with Gasteiger partial charge in [-0.25, -0.2) is 23.3 Å². The van der Waals surface area contributed by atoms with Gasteiger partial charge in [0.15, 0.2) is 23.3 Å². The lowest BCUT2D eigenvalue weighted by Gasteiger charge is -2.45. The molecular formula is C28H24B3F2N7O3. The number of aromatic nitrogens is 5. The summed E-state index contributed by atoms with van der Waals surface area (Å²) in [4.78, 5) is 14.0. The van der Waals surface area contributed by atoms with Gasteiger partial charge in [-0.05, 0) is 48.9 Å². The number of halogens is 2. The van der Waals surface area contributed by atoms with Crippen LogP contribution < -0.4 is 19.5 Å². The fourth-order valence-electron chi connectivity index (χ4n) is 4.99. The van der Waals surface area contributed by atoms with Crippen LogP contribution in [0, 0.1) is 6.92 Å². The Morgan fingerprint density at radius 3 is 2.60 bits per heavy atom. The van der Waals surface area contributed by atoms with E-state index in [1.807, 2.05) is 19.1 Å². The highest BCUT2D eigenvalue weighted by molar-refractivity contribution is 6.59. The van der Waals surface area contributed by atoms with Crippen LogP contribution in [0.25, 0.3) is 16.6 Å². The van der Waals surface area contributed by atoms with E-state index in [4.69, 9.17) is 37.7 Å². The number of nitrogens with one attached hydrogen (secondary N) is 1. The van der Waals surface area contributed by atoms with Gasteiger partial charge in [0, 0.05) is 30.9 Å². The number of fused-ring (bicyclic) bond motifs is 2. The van der Waals surface area contributed by atoms with E-state index in [2.05, 4.69) is 25.4 Å². The number of ether oxygens (including phenoxy) is 3. The summed E-state index contributed by atoms with van der Waals surface area (Å²) < 4.78 is 49.7. The van der Waals surface area contributed by atoms with Crippen molar-refractivity contribution in [1.29, 1.82) is 0 Å². The fourth-order valence-corrected chi connectivity index (χ4v) is 4.99. The average molecular weight is 577 g/mol. The molecule has 6 radical (unpaired) electrons. The molecule has 10 nitrogen and oxygen atoms in total. The van der Waals surface area contributed by atoms with Crippen molar-refractivity contribution in [3.63, 3.8) is 0 Å². The number of hydrogen-bond donors (Lipinski definition) is 1. The van der Waals surface area contributed by atoms with Gasteiger partial charge in [-0.1, -0.05) is 5.24 Å². The second-order valence-electron chi connectivity index (χ2n) is 10.3. The monoisotopic (exact) mass is 577 g/mol. The van der Waals surface area contributed by atoms with E-state index >= 15 is 8.78 Å². The second kappa shape index (κ2) is 11.0. The Balaban J connectivity index is 1.29. The highest BCUT2D eigenvalue weighted by Gasteiger charge is 2.48. The summed E-state index contributed by atoms with van der Waals surface area (Å²) in [6.45, 7) is 1.26. The second-order valence-corrected chi connectivity index (χ2v) is 10.3. The number of alkyl halides is 2. The van der Waals surface area contributed by atoms with Gasteiger partial charge in [0.1, 0.15) is 18.4 Å². The number of benzene rings is 2. The summed E-state index contributed by atoms with van der Waals surface area (Å²) >= 11 is 0. The largest absolute Gasteiger partial charge is 0.493 e. The van der Waals surface area contributed by atoms with E-state index in [-0.39, 0.29) is 24.5 Å². The minimum Gasteiger partial charge on any atom is -0.493 e. The molecule has 5 aromatic rings. The van der Waals surface area contributed by atoms with Gasteiger partial charge in [-0.3, -0.25) is 4.98 Å². The molecule has 0 amide bonds. The normalized spacial score (nSPS) is 17.2. The zero-order valence-electron chi connectivity index (χ0n) is 23.4. The maximum atomic E-state index is 15.3. The summed E-state index contributed by atoms with van der Waals surface area (Å²) in [7, 11) is 18.5. The Bertz CT molecular complexity index is 1800. The number of likely N-dealkylation sites (tertiary alicyclic amines) is 1. The SMILES string of the molecule is [B]C([B])([B])N1CCC(Oc2c(OC)ccc3nccc(Nc4ccc(Oc5cc6ncnn6cn5)c(C)c4)c23)C(F)(F)C1. The third kappa shape index (κ3) is 5.81. The molecule has 6 rings (SSSR count). The molecule has 0 aliphatic carbocycles. The highest BCUT2D eigenvalue weighted by atomic mass is 19.3. The summed E-state index contributed by atoms with van der Waals surface area (Å²) in [6, 6.07) is 12.3.